The topological polar surface area (TPSA) is 104 Å². The molecule has 0 aromatic heterocycles. The maximum atomic E-state index is 13.2. The van der Waals surface area contributed by atoms with Gasteiger partial charge in [-0.3, -0.25) is 14.4 Å². The molecule has 1 atom stereocenters. The number of ether oxygens (including phenoxy) is 1. The Kier molecular flexibility index (Phi) is 6.44. The largest absolute Gasteiger partial charge is 0.497 e. The van der Waals surface area contributed by atoms with Gasteiger partial charge in [0.1, 0.15) is 17.6 Å². The minimum absolute atomic E-state index is 0.0340. The van der Waals surface area contributed by atoms with E-state index in [0.717, 1.165) is 28.0 Å². The molecule has 31 heavy (non-hydrogen) atoms. The van der Waals surface area contributed by atoms with Gasteiger partial charge in [0.15, 0.2) is 0 Å². The highest BCUT2D eigenvalue weighted by molar-refractivity contribution is 6.23. The lowest BCUT2D eigenvalue weighted by Crippen LogP contribution is -2.44. The SMILES string of the molecule is COc1ccc(CN(C(=O)/C=C/C(=O)O)[C@@H]2CC(=O)N(c3ccc(F)cc3)C2=O)cc1. The van der Waals surface area contributed by atoms with Gasteiger partial charge in [-0.05, 0) is 42.0 Å². The minimum Gasteiger partial charge on any atom is -0.497 e. The second-order valence-electron chi connectivity index (χ2n) is 6.75. The van der Waals surface area contributed by atoms with Crippen LogP contribution in [0.25, 0.3) is 0 Å². The van der Waals surface area contributed by atoms with E-state index in [0.29, 0.717) is 17.4 Å². The number of methoxy groups -OCH3 is 1. The Morgan fingerprint density at radius 2 is 1.77 bits per heavy atom. The van der Waals surface area contributed by atoms with Crippen molar-refractivity contribution in [2.24, 2.45) is 0 Å². The summed E-state index contributed by atoms with van der Waals surface area (Å²) >= 11 is 0. The average molecular weight is 426 g/mol. The Morgan fingerprint density at radius 1 is 1.13 bits per heavy atom. The predicted octanol–water partition coefficient (Wildman–Crippen LogP) is 2.14. The highest BCUT2D eigenvalue weighted by Gasteiger charge is 2.44. The number of benzene rings is 2. The minimum atomic E-state index is -1.32. The molecule has 0 aliphatic carbocycles. The van der Waals surface area contributed by atoms with Crippen LogP contribution >= 0.6 is 0 Å². The molecular weight excluding hydrogens is 407 g/mol. The molecule has 0 unspecified atom stereocenters. The molecule has 9 heteroatoms. The summed E-state index contributed by atoms with van der Waals surface area (Å²) in [6, 6.07) is 10.5. The van der Waals surface area contributed by atoms with Crippen molar-refractivity contribution in [2.75, 3.05) is 12.0 Å². The number of anilines is 1. The van der Waals surface area contributed by atoms with Gasteiger partial charge in [-0.1, -0.05) is 12.1 Å². The molecule has 1 aliphatic rings. The van der Waals surface area contributed by atoms with Crippen molar-refractivity contribution < 1.29 is 33.4 Å². The van der Waals surface area contributed by atoms with E-state index < -0.39 is 35.5 Å². The number of hydrogen-bond acceptors (Lipinski definition) is 5. The van der Waals surface area contributed by atoms with Crippen molar-refractivity contribution >= 4 is 29.4 Å². The van der Waals surface area contributed by atoms with Gasteiger partial charge in [-0.2, -0.15) is 0 Å². The highest BCUT2D eigenvalue weighted by Crippen LogP contribution is 2.27. The summed E-state index contributed by atoms with van der Waals surface area (Å²) in [5.74, 6) is -3.17. The Hall–Kier alpha value is -4.01. The molecule has 0 bridgehead atoms. The molecule has 8 nitrogen and oxygen atoms in total. The van der Waals surface area contributed by atoms with Gasteiger partial charge < -0.3 is 14.7 Å². The number of aliphatic carboxylic acids is 1. The number of carbonyl (C=O) groups excluding carboxylic acids is 3. The second kappa shape index (κ2) is 9.21. The van der Waals surface area contributed by atoms with Crippen LogP contribution in [0.4, 0.5) is 10.1 Å². The van der Waals surface area contributed by atoms with E-state index in [9.17, 15) is 23.6 Å². The zero-order valence-electron chi connectivity index (χ0n) is 16.5. The molecule has 1 saturated heterocycles. The molecule has 2 aromatic carbocycles. The van der Waals surface area contributed by atoms with Crippen LogP contribution in [0.1, 0.15) is 12.0 Å². The lowest BCUT2D eigenvalue weighted by atomic mass is 10.1. The number of imide groups is 1. The molecule has 3 rings (SSSR count). The van der Waals surface area contributed by atoms with Gasteiger partial charge in [-0.25, -0.2) is 14.1 Å². The van der Waals surface area contributed by atoms with Crippen molar-refractivity contribution in [2.45, 2.75) is 19.0 Å². The third kappa shape index (κ3) is 4.95. The lowest BCUT2D eigenvalue weighted by molar-refractivity contribution is -0.135. The first-order chi connectivity index (χ1) is 14.8. The van der Waals surface area contributed by atoms with Crippen LogP contribution in [0.5, 0.6) is 5.75 Å². The van der Waals surface area contributed by atoms with E-state index in [1.54, 1.807) is 24.3 Å². The van der Waals surface area contributed by atoms with Crippen molar-refractivity contribution in [1.82, 2.24) is 4.90 Å². The van der Waals surface area contributed by atoms with E-state index in [-0.39, 0.29) is 18.7 Å². The monoisotopic (exact) mass is 426 g/mol. The summed E-state index contributed by atoms with van der Waals surface area (Å²) in [6.45, 7) is -0.0340. The van der Waals surface area contributed by atoms with Gasteiger partial charge in [0.25, 0.3) is 5.91 Å². The van der Waals surface area contributed by atoms with E-state index in [1.807, 2.05) is 0 Å². The first-order valence-corrected chi connectivity index (χ1v) is 9.27. The third-order valence-electron chi connectivity index (χ3n) is 4.75. The van der Waals surface area contributed by atoms with Crippen LogP contribution in [-0.4, -0.2) is 46.8 Å². The fourth-order valence-electron chi connectivity index (χ4n) is 3.23. The van der Waals surface area contributed by atoms with Gasteiger partial charge in [-0.15, -0.1) is 0 Å². The number of amides is 3. The Labute approximate surface area is 177 Å². The molecule has 1 fully saturated rings. The fraction of sp³-hybridized carbons (Fsp3) is 0.182. The van der Waals surface area contributed by atoms with Crippen LogP contribution in [0, 0.1) is 5.82 Å². The Bertz CT molecular complexity index is 1030. The highest BCUT2D eigenvalue weighted by atomic mass is 19.1. The maximum Gasteiger partial charge on any atom is 0.328 e. The van der Waals surface area contributed by atoms with Gasteiger partial charge >= 0.3 is 5.97 Å². The standard InChI is InChI=1S/C22H19FN2O6/c1-31-17-8-2-14(3-9-17)13-24(19(26)10-11-21(28)29)18-12-20(27)25(22(18)30)16-6-4-15(23)5-7-16/h2-11,18H,12-13H2,1H3,(H,28,29)/b11-10+/t18-/m1/s1. The summed E-state index contributed by atoms with van der Waals surface area (Å²) in [6.07, 6.45) is 1.23. The second-order valence-corrected chi connectivity index (χ2v) is 6.75. The number of nitrogens with zero attached hydrogens (tertiary/aromatic N) is 2. The first-order valence-electron chi connectivity index (χ1n) is 9.27. The molecule has 1 heterocycles. The van der Waals surface area contributed by atoms with Crippen LogP contribution in [0.15, 0.2) is 60.7 Å². The molecule has 160 valence electrons. The van der Waals surface area contributed by atoms with Gasteiger partial charge in [0.05, 0.1) is 19.2 Å². The van der Waals surface area contributed by atoms with Gasteiger partial charge in [0, 0.05) is 18.7 Å². The van der Waals surface area contributed by atoms with Crippen molar-refractivity contribution in [3.8, 4) is 5.75 Å². The maximum absolute atomic E-state index is 13.2. The molecule has 0 saturated carbocycles. The van der Waals surface area contributed by atoms with Crippen molar-refractivity contribution in [3.63, 3.8) is 0 Å². The first kappa shape index (κ1) is 21.7. The molecule has 2 aromatic rings. The molecule has 3 amide bonds. The quantitative estimate of drug-likeness (QED) is 0.537. The normalized spacial score (nSPS) is 16.1. The van der Waals surface area contributed by atoms with E-state index in [1.165, 1.54) is 19.2 Å². The van der Waals surface area contributed by atoms with E-state index in [2.05, 4.69) is 0 Å². The Balaban J connectivity index is 1.91. The lowest BCUT2D eigenvalue weighted by Gasteiger charge is -2.26. The zero-order valence-corrected chi connectivity index (χ0v) is 16.5. The summed E-state index contributed by atoms with van der Waals surface area (Å²) in [4.78, 5) is 51.2. The summed E-state index contributed by atoms with van der Waals surface area (Å²) in [5.41, 5.74) is 0.843. The number of carboxylic acids is 1. The number of carboxylic acid groups (broad SMARTS) is 1. The van der Waals surface area contributed by atoms with Crippen LogP contribution in [0.3, 0.4) is 0 Å². The smallest absolute Gasteiger partial charge is 0.328 e. The summed E-state index contributed by atoms with van der Waals surface area (Å²) in [5, 5.41) is 8.83. The molecular formula is C22H19FN2O6. The van der Waals surface area contributed by atoms with E-state index >= 15 is 0 Å². The summed E-state index contributed by atoms with van der Waals surface area (Å²) in [7, 11) is 1.51. The number of hydrogen-bond donors (Lipinski definition) is 1. The van der Waals surface area contributed by atoms with E-state index in [4.69, 9.17) is 9.84 Å². The summed E-state index contributed by atoms with van der Waals surface area (Å²) < 4.78 is 18.3. The molecule has 0 spiro atoms. The third-order valence-corrected chi connectivity index (χ3v) is 4.75. The zero-order chi connectivity index (χ0) is 22.5. The van der Waals surface area contributed by atoms with Crippen LogP contribution < -0.4 is 9.64 Å². The average Bonchev–Trinajstić information content (AvgIpc) is 3.05. The van der Waals surface area contributed by atoms with Crippen LogP contribution in [0.2, 0.25) is 0 Å². The number of rotatable bonds is 7. The number of halogens is 1. The molecule has 1 aliphatic heterocycles. The van der Waals surface area contributed by atoms with Crippen LogP contribution in [-0.2, 0) is 25.7 Å². The van der Waals surface area contributed by atoms with Crippen molar-refractivity contribution in [1.29, 1.82) is 0 Å². The number of carbonyl (C=O) groups is 4. The van der Waals surface area contributed by atoms with Gasteiger partial charge in [0.2, 0.25) is 11.8 Å². The van der Waals surface area contributed by atoms with Crippen molar-refractivity contribution in [3.05, 3.63) is 72.1 Å². The molecule has 1 N–H and O–H groups in total. The predicted molar refractivity (Wildman–Crippen MR) is 108 cm³/mol. The Morgan fingerprint density at radius 3 is 2.35 bits per heavy atom. The molecule has 0 radical (unpaired) electrons. The fourth-order valence-corrected chi connectivity index (χ4v) is 3.23.